The summed E-state index contributed by atoms with van der Waals surface area (Å²) >= 11 is 0. The fourth-order valence-corrected chi connectivity index (χ4v) is 0. The van der Waals surface area contributed by atoms with Crippen LogP contribution in [0.1, 0.15) is 0 Å². The van der Waals surface area contributed by atoms with Crippen LogP contribution in [0.3, 0.4) is 0 Å². The van der Waals surface area contributed by atoms with Crippen molar-refractivity contribution in [1.82, 2.24) is 0 Å². The van der Waals surface area contributed by atoms with Crippen LogP contribution in [-0.4, -0.2) is 32.9 Å². The minimum Gasteiger partial charge on any atom is -0.870 e. The Balaban J connectivity index is 0. The average Bonchev–Trinajstić information content (AvgIpc) is 0. The van der Waals surface area contributed by atoms with Gasteiger partial charge in [0.2, 0.25) is 0 Å². The van der Waals surface area contributed by atoms with Crippen molar-refractivity contribution < 1.29 is 80.1 Å². The van der Waals surface area contributed by atoms with Crippen molar-refractivity contribution >= 4 is 0 Å². The number of rotatable bonds is 0. The van der Waals surface area contributed by atoms with Crippen molar-refractivity contribution in [2.24, 2.45) is 0 Å². The molecule has 56 valence electrons. The van der Waals surface area contributed by atoms with Gasteiger partial charge in [0.25, 0.3) is 0 Å². The molecule has 0 saturated carbocycles. The third kappa shape index (κ3) is 166. The molecule has 0 aromatic heterocycles. The van der Waals surface area contributed by atoms with Crippen LogP contribution in [0.4, 0.5) is 0 Å². The zero-order valence-corrected chi connectivity index (χ0v) is 8.23. The molecule has 0 aliphatic heterocycles. The predicted molar refractivity (Wildman–Crippen MR) is 11.6 cm³/mol. The molecule has 0 heterocycles. The van der Waals surface area contributed by atoms with Crippen LogP contribution in [0, 0.1) is 0 Å². The molecule has 0 aromatic carbocycles. The van der Waals surface area contributed by atoms with Crippen molar-refractivity contribution in [3.8, 4) is 0 Å². The van der Waals surface area contributed by atoms with Crippen molar-refractivity contribution in [2.75, 3.05) is 0 Å². The molecule has 6 N–H and O–H groups in total. The third-order valence-corrected chi connectivity index (χ3v) is 0. The smallest absolute Gasteiger partial charge is 0.870 e. The molecule has 0 radical (unpaired) electrons. The Morgan fingerprint density at radius 2 is 0.375 bits per heavy atom. The van der Waals surface area contributed by atoms with E-state index in [4.69, 9.17) is 0 Å². The van der Waals surface area contributed by atoms with Crippen molar-refractivity contribution in [3.63, 3.8) is 0 Å². The molecule has 0 unspecified atom stereocenters. The second-order valence-corrected chi connectivity index (χ2v) is 0. The van der Waals surface area contributed by atoms with Gasteiger partial charge in [0, 0.05) is 0 Å². The summed E-state index contributed by atoms with van der Waals surface area (Å²) in [5.41, 5.74) is 0. The summed E-state index contributed by atoms with van der Waals surface area (Å²) in [5, 5.41) is 0. The van der Waals surface area contributed by atoms with Gasteiger partial charge in [-0.15, -0.1) is 0 Å². The van der Waals surface area contributed by atoms with E-state index in [1.165, 1.54) is 0 Å². The fraction of sp³-hybridized carbons (Fsp3) is 0. The molecule has 6 nitrogen and oxygen atoms in total. The topological polar surface area (TPSA) is 180 Å². The van der Waals surface area contributed by atoms with Crippen molar-refractivity contribution in [2.45, 2.75) is 0 Å². The first-order valence-corrected chi connectivity index (χ1v) is 0. The summed E-state index contributed by atoms with van der Waals surface area (Å²) in [4.78, 5) is 0. The molecule has 0 saturated heterocycles. The van der Waals surface area contributed by atoms with Crippen molar-refractivity contribution in [1.29, 1.82) is 0 Å². The summed E-state index contributed by atoms with van der Waals surface area (Å²) in [7, 11) is 0. The minimum atomic E-state index is 0. The summed E-state index contributed by atoms with van der Waals surface area (Å²) in [5.74, 6) is 0. The van der Waals surface area contributed by atoms with Crippen LogP contribution in [0.2, 0.25) is 0 Å². The van der Waals surface area contributed by atoms with E-state index in [2.05, 4.69) is 0 Å². The van der Waals surface area contributed by atoms with E-state index in [0.29, 0.717) is 0 Å². The summed E-state index contributed by atoms with van der Waals surface area (Å²) < 4.78 is 0. The average molecular weight is 388 g/mol. The van der Waals surface area contributed by atoms with Gasteiger partial charge in [-0.1, -0.05) is 0 Å². The predicted octanol–water partition coefficient (Wildman–Crippen LogP) is -1.07. The normalized spacial score (nSPS) is 0. The summed E-state index contributed by atoms with van der Waals surface area (Å²) in [6, 6.07) is 0. The fourth-order valence-electron chi connectivity index (χ4n) is 0. The summed E-state index contributed by atoms with van der Waals surface area (Å²) in [6.07, 6.45) is 0. The molecule has 0 aliphatic carbocycles. The van der Waals surface area contributed by atoms with Gasteiger partial charge in [-0.2, -0.15) is 0 Å². The van der Waals surface area contributed by atoms with E-state index < -0.39 is 0 Å². The van der Waals surface area contributed by atoms with Gasteiger partial charge in [-0.3, -0.25) is 0 Å². The standard InChI is InChI=1S/6H2O.Pt.Zr/h6*1H2;;/q;;;;;;+2;+4/p-6. The second kappa shape index (κ2) is 253. The molecule has 8 heavy (non-hydrogen) atoms. The molecule has 0 spiro atoms. The van der Waals surface area contributed by atoms with E-state index in [1.807, 2.05) is 0 Å². The minimum absolute atomic E-state index is 0. The van der Waals surface area contributed by atoms with Gasteiger partial charge in [0.1, 0.15) is 0 Å². The molecular weight excluding hydrogens is 382 g/mol. The van der Waals surface area contributed by atoms with Crippen LogP contribution in [0.25, 0.3) is 0 Å². The molecule has 8 heteroatoms. The van der Waals surface area contributed by atoms with Crippen LogP contribution in [-0.2, 0) is 47.3 Å². The Morgan fingerprint density at radius 1 is 0.375 bits per heavy atom. The monoisotopic (exact) mass is 387 g/mol. The van der Waals surface area contributed by atoms with Gasteiger partial charge < -0.3 is 32.9 Å². The Morgan fingerprint density at radius 3 is 0.375 bits per heavy atom. The number of hydrogen-bond donors (Lipinski definition) is 0. The third-order valence-electron chi connectivity index (χ3n) is 0. The molecule has 0 rings (SSSR count). The first-order valence-electron chi connectivity index (χ1n) is 0. The van der Waals surface area contributed by atoms with E-state index >= 15 is 0 Å². The SMILES string of the molecule is [OH-].[OH-].[OH-].[OH-].[OH-].[OH-].[Pt+2].[Zr+4]. The van der Waals surface area contributed by atoms with Crippen LogP contribution >= 0.6 is 0 Å². The summed E-state index contributed by atoms with van der Waals surface area (Å²) in [6.45, 7) is 0. The quantitative estimate of drug-likeness (QED) is 0.509. The van der Waals surface area contributed by atoms with E-state index in [9.17, 15) is 0 Å². The van der Waals surface area contributed by atoms with Gasteiger partial charge in [-0.05, 0) is 0 Å². The van der Waals surface area contributed by atoms with E-state index in [-0.39, 0.29) is 80.1 Å². The van der Waals surface area contributed by atoms with E-state index in [1.54, 1.807) is 0 Å². The van der Waals surface area contributed by atoms with Gasteiger partial charge in [0.05, 0.1) is 0 Å². The van der Waals surface area contributed by atoms with Crippen LogP contribution < -0.4 is 0 Å². The Labute approximate surface area is 79.9 Å². The van der Waals surface area contributed by atoms with Gasteiger partial charge >= 0.3 is 47.3 Å². The maximum atomic E-state index is 0. The molecule has 0 atom stereocenters. The van der Waals surface area contributed by atoms with Crippen LogP contribution in [0.5, 0.6) is 0 Å². The zero-order chi connectivity index (χ0) is 0. The maximum Gasteiger partial charge on any atom is 4.00 e. The molecule has 0 fully saturated rings. The molecule has 0 bridgehead atoms. The number of hydrogen-bond acceptors (Lipinski definition) is 6. The first kappa shape index (κ1) is 365. The van der Waals surface area contributed by atoms with Crippen molar-refractivity contribution in [3.05, 3.63) is 0 Å². The molecule has 0 amide bonds. The Bertz CT molecular complexity index is 8.49. The largest absolute Gasteiger partial charge is 4.00 e. The maximum absolute atomic E-state index is 0. The van der Waals surface area contributed by atoms with E-state index in [0.717, 1.165) is 0 Å². The van der Waals surface area contributed by atoms with Gasteiger partial charge in [-0.25, -0.2) is 0 Å². The van der Waals surface area contributed by atoms with Crippen LogP contribution in [0.15, 0.2) is 0 Å². The molecular formula is H6O6PtZr. The molecule has 0 aromatic rings. The Kier molecular flexibility index (Phi) is 11500. The zero-order valence-electron chi connectivity index (χ0n) is 3.50. The Hall–Kier alpha value is 1.33. The first-order chi connectivity index (χ1) is 0. The van der Waals surface area contributed by atoms with Gasteiger partial charge in [0.15, 0.2) is 0 Å². The second-order valence-electron chi connectivity index (χ2n) is 0. The molecule has 0 aliphatic rings.